The lowest BCUT2D eigenvalue weighted by Gasteiger charge is -2.29. The minimum Gasteiger partial charge on any atom is -0.349 e. The molecule has 192 valence electrons. The van der Waals surface area contributed by atoms with E-state index in [1.165, 1.54) is 6.07 Å². The molecule has 1 aliphatic heterocycles. The van der Waals surface area contributed by atoms with Gasteiger partial charge in [0.1, 0.15) is 17.2 Å². The quantitative estimate of drug-likeness (QED) is 0.441. The first kappa shape index (κ1) is 23.5. The number of tetrazole rings is 1. The van der Waals surface area contributed by atoms with Crippen LogP contribution in [0, 0.1) is 11.6 Å². The van der Waals surface area contributed by atoms with Crippen LogP contribution in [0.2, 0.25) is 0 Å². The highest BCUT2D eigenvalue weighted by Gasteiger charge is 2.35. The molecule has 0 spiro atoms. The first-order chi connectivity index (χ1) is 18.0. The molecule has 3 aromatic heterocycles. The number of halogens is 2. The Morgan fingerprint density at radius 1 is 1.08 bits per heavy atom. The minimum atomic E-state index is -0.482. The van der Waals surface area contributed by atoms with E-state index in [2.05, 4.69) is 20.8 Å². The lowest BCUT2D eigenvalue weighted by molar-refractivity contribution is 0.0927. The number of aromatic nitrogens is 6. The molecule has 2 aliphatic rings. The number of aryl methyl sites for hydroxylation is 1. The number of nitrogens with one attached hydrogen (secondary N) is 1. The summed E-state index contributed by atoms with van der Waals surface area (Å²) in [6, 6.07) is 8.72. The molecule has 1 aromatic carbocycles. The van der Waals surface area contributed by atoms with Gasteiger partial charge in [0.15, 0.2) is 11.6 Å². The number of fused-ring (bicyclic) bond motifs is 1. The van der Waals surface area contributed by atoms with Crippen molar-refractivity contribution in [2.45, 2.75) is 56.5 Å². The molecule has 2 fully saturated rings. The number of hydrogen-bond acceptors (Lipinski definition) is 6. The van der Waals surface area contributed by atoms with Crippen molar-refractivity contribution in [1.29, 1.82) is 0 Å². The molecule has 6 rings (SSSR count). The predicted molar refractivity (Wildman–Crippen MR) is 132 cm³/mol. The maximum Gasteiger partial charge on any atom is 0.257 e. The van der Waals surface area contributed by atoms with Gasteiger partial charge in [-0.1, -0.05) is 6.07 Å². The monoisotopic (exact) mass is 506 g/mol. The van der Waals surface area contributed by atoms with E-state index in [9.17, 15) is 13.6 Å². The smallest absolute Gasteiger partial charge is 0.257 e. The number of carbonyl (C=O) groups excluding carboxylic acids is 1. The third-order valence-electron chi connectivity index (χ3n) is 7.67. The minimum absolute atomic E-state index is 0.0199. The molecule has 11 heteroatoms. The highest BCUT2D eigenvalue weighted by atomic mass is 19.1. The van der Waals surface area contributed by atoms with Crippen LogP contribution in [0.15, 0.2) is 42.6 Å². The normalized spacial score (nSPS) is 22.0. The van der Waals surface area contributed by atoms with E-state index >= 15 is 0 Å². The van der Waals surface area contributed by atoms with Crippen LogP contribution in [-0.4, -0.2) is 48.3 Å². The molecule has 37 heavy (non-hydrogen) atoms. The van der Waals surface area contributed by atoms with Crippen molar-refractivity contribution < 1.29 is 13.6 Å². The summed E-state index contributed by atoms with van der Waals surface area (Å²) in [6.45, 7) is 0.599. The molecule has 1 saturated carbocycles. The van der Waals surface area contributed by atoms with Crippen LogP contribution in [0.25, 0.3) is 5.52 Å². The molecule has 4 heterocycles. The Bertz CT molecular complexity index is 1440. The highest BCUT2D eigenvalue weighted by molar-refractivity contribution is 6.06. The summed E-state index contributed by atoms with van der Waals surface area (Å²) in [5.74, 6) is 0.498. The van der Waals surface area contributed by atoms with Crippen LogP contribution in [-0.2, 0) is 7.05 Å². The Labute approximate surface area is 212 Å². The first-order valence-corrected chi connectivity index (χ1v) is 12.7. The van der Waals surface area contributed by atoms with Crippen LogP contribution < -0.4 is 10.2 Å². The summed E-state index contributed by atoms with van der Waals surface area (Å²) in [5, 5.41) is 19.8. The largest absolute Gasteiger partial charge is 0.349 e. The number of rotatable bonds is 5. The fourth-order valence-electron chi connectivity index (χ4n) is 5.85. The summed E-state index contributed by atoms with van der Waals surface area (Å²) < 4.78 is 32.1. The van der Waals surface area contributed by atoms with Gasteiger partial charge >= 0.3 is 0 Å². The van der Waals surface area contributed by atoms with Gasteiger partial charge in [-0.2, -0.15) is 0 Å². The molecule has 1 aliphatic carbocycles. The Balaban J connectivity index is 1.27. The summed E-state index contributed by atoms with van der Waals surface area (Å²) in [5.41, 5.74) is 1.43. The Kier molecular flexibility index (Phi) is 6.05. The molecule has 1 atom stereocenters. The fraction of sp³-hybridized carbons (Fsp3) is 0.423. The number of hydrogen-bond donors (Lipinski definition) is 1. The number of amides is 1. The molecule has 1 saturated heterocycles. The van der Waals surface area contributed by atoms with Gasteiger partial charge in [0.2, 0.25) is 0 Å². The van der Waals surface area contributed by atoms with Crippen molar-refractivity contribution in [3.63, 3.8) is 0 Å². The zero-order chi connectivity index (χ0) is 25.5. The maximum absolute atomic E-state index is 14.7. The van der Waals surface area contributed by atoms with Gasteiger partial charge in [-0.15, -0.1) is 10.2 Å². The first-order valence-electron chi connectivity index (χ1n) is 12.7. The van der Waals surface area contributed by atoms with Gasteiger partial charge in [-0.3, -0.25) is 4.79 Å². The van der Waals surface area contributed by atoms with Crippen molar-refractivity contribution >= 4 is 17.2 Å². The second kappa shape index (κ2) is 9.53. The number of pyridine rings is 1. The van der Waals surface area contributed by atoms with Gasteiger partial charge in [0.05, 0.1) is 11.6 Å². The number of carbonyl (C=O) groups is 1. The number of benzene rings is 1. The summed E-state index contributed by atoms with van der Waals surface area (Å²) >= 11 is 0. The average Bonchev–Trinajstić information content (AvgIpc) is 3.64. The molecule has 0 unspecified atom stereocenters. The van der Waals surface area contributed by atoms with Gasteiger partial charge in [-0.25, -0.2) is 18.0 Å². The van der Waals surface area contributed by atoms with Crippen LogP contribution in [0.4, 0.5) is 14.6 Å². The lowest BCUT2D eigenvalue weighted by atomic mass is 9.85. The summed E-state index contributed by atoms with van der Waals surface area (Å²) in [4.78, 5) is 15.7. The molecule has 1 amide bonds. The Morgan fingerprint density at radius 3 is 2.70 bits per heavy atom. The third kappa shape index (κ3) is 4.32. The maximum atomic E-state index is 14.7. The average molecular weight is 507 g/mol. The van der Waals surface area contributed by atoms with E-state index in [0.717, 1.165) is 50.1 Å². The summed E-state index contributed by atoms with van der Waals surface area (Å²) in [6.07, 6.45) is 6.63. The molecule has 9 nitrogen and oxygen atoms in total. The standard InChI is InChI=1S/C26H28F2N8O/c1-34-24(30-32-33-34)16-7-10-18(11-8-16)29-26(37)23-22-5-2-3-14-36(22)31-25(23)35-13-4-6-21(35)19-15-17(27)9-12-20(19)28/h2-3,5,9,12,14-16,18,21H,4,6-8,10-11,13H2,1H3,(H,29,37)/t16?,18?,21-/m1/s1. The van der Waals surface area contributed by atoms with Gasteiger partial charge in [-0.05, 0) is 79.3 Å². The number of nitrogens with zero attached hydrogens (tertiary/aromatic N) is 7. The zero-order valence-corrected chi connectivity index (χ0v) is 20.5. The van der Waals surface area contributed by atoms with Crippen molar-refractivity contribution in [2.75, 3.05) is 11.4 Å². The predicted octanol–water partition coefficient (Wildman–Crippen LogP) is 3.93. The van der Waals surface area contributed by atoms with Crippen molar-refractivity contribution in [1.82, 2.24) is 35.1 Å². The second-order valence-corrected chi connectivity index (χ2v) is 9.93. The SMILES string of the molecule is Cn1nnnc1C1CCC(NC(=O)c2c(N3CCC[C@@H]3c3cc(F)ccc3F)nn3ccccc23)CC1. The van der Waals surface area contributed by atoms with Gasteiger partial charge in [0, 0.05) is 37.3 Å². The molecule has 4 aromatic rings. The van der Waals surface area contributed by atoms with Crippen LogP contribution in [0.3, 0.4) is 0 Å². The molecule has 0 radical (unpaired) electrons. The van der Waals surface area contributed by atoms with Crippen molar-refractivity contribution in [3.05, 3.63) is 71.2 Å². The van der Waals surface area contributed by atoms with Crippen LogP contribution in [0.5, 0.6) is 0 Å². The number of anilines is 1. The summed E-state index contributed by atoms with van der Waals surface area (Å²) in [7, 11) is 1.84. The van der Waals surface area contributed by atoms with E-state index in [1.807, 2.05) is 30.1 Å². The van der Waals surface area contributed by atoms with Gasteiger partial charge in [0.25, 0.3) is 5.91 Å². The zero-order valence-electron chi connectivity index (χ0n) is 20.5. The molecule has 1 N–H and O–H groups in total. The van der Waals surface area contributed by atoms with E-state index in [-0.39, 0.29) is 23.4 Å². The fourth-order valence-corrected chi connectivity index (χ4v) is 5.85. The van der Waals surface area contributed by atoms with Crippen molar-refractivity contribution in [3.8, 4) is 0 Å². The lowest BCUT2D eigenvalue weighted by Crippen LogP contribution is -2.38. The van der Waals surface area contributed by atoms with E-state index in [0.29, 0.717) is 29.9 Å². The third-order valence-corrected chi connectivity index (χ3v) is 7.67. The molecular weight excluding hydrogens is 478 g/mol. The van der Waals surface area contributed by atoms with Crippen LogP contribution >= 0.6 is 0 Å². The Hall–Kier alpha value is -3.89. The highest BCUT2D eigenvalue weighted by Crippen LogP contribution is 2.39. The molecular formula is C26H28F2N8O. The molecule has 0 bridgehead atoms. The second-order valence-electron chi connectivity index (χ2n) is 9.93. The van der Waals surface area contributed by atoms with E-state index in [4.69, 9.17) is 5.10 Å². The van der Waals surface area contributed by atoms with Gasteiger partial charge < -0.3 is 10.2 Å². The topological polar surface area (TPSA) is 93.2 Å². The van der Waals surface area contributed by atoms with Crippen molar-refractivity contribution in [2.24, 2.45) is 7.05 Å². The van der Waals surface area contributed by atoms with E-state index < -0.39 is 17.7 Å². The Morgan fingerprint density at radius 2 is 1.92 bits per heavy atom. The van der Waals surface area contributed by atoms with E-state index in [1.54, 1.807) is 15.4 Å². The van der Waals surface area contributed by atoms with Crippen LogP contribution in [0.1, 0.15) is 72.2 Å².